The summed E-state index contributed by atoms with van der Waals surface area (Å²) in [6.07, 6.45) is 2.13. The number of carbonyl (C=O) groups is 1. The van der Waals surface area contributed by atoms with Gasteiger partial charge in [0, 0.05) is 5.56 Å². The number of nitrogens with one attached hydrogen (secondary N) is 1. The van der Waals surface area contributed by atoms with Gasteiger partial charge in [-0.1, -0.05) is 0 Å². The third kappa shape index (κ3) is 2.72. The van der Waals surface area contributed by atoms with E-state index >= 15 is 0 Å². The van der Waals surface area contributed by atoms with E-state index in [4.69, 9.17) is 4.74 Å². The average molecular weight is 247 g/mol. The summed E-state index contributed by atoms with van der Waals surface area (Å²) in [5.74, 6) is 0.988. The highest BCUT2D eigenvalue weighted by Gasteiger charge is 2.36. The third-order valence-corrected chi connectivity index (χ3v) is 3.36. The Morgan fingerprint density at radius 1 is 1.33 bits per heavy atom. The zero-order valence-corrected chi connectivity index (χ0v) is 11.3. The van der Waals surface area contributed by atoms with Gasteiger partial charge >= 0.3 is 0 Å². The lowest BCUT2D eigenvalue weighted by Crippen LogP contribution is -2.44. The highest BCUT2D eigenvalue weighted by molar-refractivity contribution is 6.03. The molecule has 0 spiro atoms. The van der Waals surface area contributed by atoms with Crippen LogP contribution >= 0.6 is 0 Å². The molecule has 1 atom stereocenters. The maximum Gasteiger partial charge on any atom is 0.182 e. The fraction of sp³-hybridized carbons (Fsp3) is 0.533. The molecule has 1 saturated heterocycles. The Labute approximate surface area is 109 Å². The minimum absolute atomic E-state index is 0.153. The zero-order chi connectivity index (χ0) is 13.2. The molecule has 0 aromatic heterocycles. The first-order valence-electron chi connectivity index (χ1n) is 6.58. The van der Waals surface area contributed by atoms with Gasteiger partial charge in [-0.05, 0) is 64.4 Å². The van der Waals surface area contributed by atoms with Crippen molar-refractivity contribution in [2.75, 3.05) is 6.54 Å². The van der Waals surface area contributed by atoms with Crippen LogP contribution in [0.3, 0.4) is 0 Å². The number of carbonyl (C=O) groups excluding carboxylic acids is 1. The zero-order valence-electron chi connectivity index (χ0n) is 11.3. The number of benzene rings is 1. The van der Waals surface area contributed by atoms with Crippen molar-refractivity contribution < 1.29 is 9.53 Å². The Morgan fingerprint density at radius 3 is 2.50 bits per heavy atom. The molecule has 18 heavy (non-hydrogen) atoms. The van der Waals surface area contributed by atoms with E-state index in [2.05, 4.69) is 5.32 Å². The lowest BCUT2D eigenvalue weighted by Gasteiger charge is -2.22. The summed E-state index contributed by atoms with van der Waals surface area (Å²) in [6.45, 7) is 6.89. The SMILES string of the molecule is CC(C)Oc1ccc(C(=O)C2(C)CCCN2)cc1. The van der Waals surface area contributed by atoms with E-state index in [9.17, 15) is 4.79 Å². The van der Waals surface area contributed by atoms with Crippen LogP contribution in [0.2, 0.25) is 0 Å². The highest BCUT2D eigenvalue weighted by atomic mass is 16.5. The van der Waals surface area contributed by atoms with Gasteiger partial charge in [0.25, 0.3) is 0 Å². The number of hydrogen-bond donors (Lipinski definition) is 1. The lowest BCUT2D eigenvalue weighted by molar-refractivity contribution is 0.0884. The van der Waals surface area contributed by atoms with Crippen LogP contribution in [0, 0.1) is 0 Å². The molecule has 1 heterocycles. The van der Waals surface area contributed by atoms with E-state index in [1.807, 2.05) is 45.0 Å². The molecule has 1 fully saturated rings. The fourth-order valence-electron chi connectivity index (χ4n) is 2.36. The molecular formula is C15H21NO2. The Bertz CT molecular complexity index is 417. The molecule has 0 saturated carbocycles. The van der Waals surface area contributed by atoms with Gasteiger partial charge in [0.05, 0.1) is 11.6 Å². The largest absolute Gasteiger partial charge is 0.491 e. The smallest absolute Gasteiger partial charge is 0.182 e. The van der Waals surface area contributed by atoms with Gasteiger partial charge in [-0.3, -0.25) is 4.79 Å². The van der Waals surface area contributed by atoms with Crippen molar-refractivity contribution >= 4 is 5.78 Å². The Hall–Kier alpha value is -1.35. The fourth-order valence-corrected chi connectivity index (χ4v) is 2.36. The van der Waals surface area contributed by atoms with Gasteiger partial charge in [-0.15, -0.1) is 0 Å². The number of ether oxygens (including phenoxy) is 1. The first-order valence-corrected chi connectivity index (χ1v) is 6.58. The van der Waals surface area contributed by atoms with Crippen LogP contribution < -0.4 is 10.1 Å². The van der Waals surface area contributed by atoms with Crippen LogP contribution in [0.1, 0.15) is 44.0 Å². The van der Waals surface area contributed by atoms with Crippen LogP contribution in [0.15, 0.2) is 24.3 Å². The molecule has 1 aromatic carbocycles. The van der Waals surface area contributed by atoms with Crippen molar-refractivity contribution in [3.63, 3.8) is 0 Å². The molecule has 0 aliphatic carbocycles. The number of hydrogen-bond acceptors (Lipinski definition) is 3. The van der Waals surface area contributed by atoms with Crippen LogP contribution in [0.25, 0.3) is 0 Å². The average Bonchev–Trinajstić information content (AvgIpc) is 2.77. The topological polar surface area (TPSA) is 38.3 Å². The maximum atomic E-state index is 12.4. The molecule has 1 unspecified atom stereocenters. The summed E-state index contributed by atoms with van der Waals surface area (Å²) in [7, 11) is 0. The summed E-state index contributed by atoms with van der Waals surface area (Å²) in [5, 5.41) is 3.30. The van der Waals surface area contributed by atoms with E-state index < -0.39 is 0 Å². The van der Waals surface area contributed by atoms with Gasteiger partial charge in [0.1, 0.15) is 5.75 Å². The van der Waals surface area contributed by atoms with Crippen molar-refractivity contribution in [1.29, 1.82) is 0 Å². The van der Waals surface area contributed by atoms with E-state index in [-0.39, 0.29) is 17.4 Å². The van der Waals surface area contributed by atoms with Crippen LogP contribution in [-0.4, -0.2) is 24.0 Å². The second-order valence-corrected chi connectivity index (χ2v) is 5.38. The van der Waals surface area contributed by atoms with Crippen LogP contribution in [0.4, 0.5) is 0 Å². The number of Topliss-reactive ketones (excluding diaryl/α,β-unsaturated/α-hetero) is 1. The summed E-state index contributed by atoms with van der Waals surface area (Å²) in [5.41, 5.74) is 0.364. The van der Waals surface area contributed by atoms with Gasteiger partial charge in [0.15, 0.2) is 5.78 Å². The van der Waals surface area contributed by atoms with Crippen LogP contribution in [0.5, 0.6) is 5.75 Å². The third-order valence-electron chi connectivity index (χ3n) is 3.36. The van der Waals surface area contributed by atoms with Crippen molar-refractivity contribution in [2.24, 2.45) is 0 Å². The molecular weight excluding hydrogens is 226 g/mol. The second kappa shape index (κ2) is 5.11. The maximum absolute atomic E-state index is 12.4. The van der Waals surface area contributed by atoms with Crippen molar-refractivity contribution in [3.05, 3.63) is 29.8 Å². The number of ketones is 1. The Balaban J connectivity index is 2.12. The normalized spacial score (nSPS) is 23.3. The highest BCUT2D eigenvalue weighted by Crippen LogP contribution is 2.24. The molecule has 0 amide bonds. The van der Waals surface area contributed by atoms with Crippen LogP contribution in [-0.2, 0) is 0 Å². The Kier molecular flexibility index (Phi) is 3.71. The first-order chi connectivity index (χ1) is 8.51. The van der Waals surface area contributed by atoms with Gasteiger partial charge in [-0.2, -0.15) is 0 Å². The number of rotatable bonds is 4. The Morgan fingerprint density at radius 2 is 2.00 bits per heavy atom. The van der Waals surface area contributed by atoms with E-state index in [1.165, 1.54) is 0 Å². The molecule has 3 nitrogen and oxygen atoms in total. The predicted molar refractivity (Wildman–Crippen MR) is 72.2 cm³/mol. The second-order valence-electron chi connectivity index (χ2n) is 5.38. The lowest BCUT2D eigenvalue weighted by atomic mass is 9.90. The molecule has 1 aliphatic rings. The summed E-state index contributed by atoms with van der Waals surface area (Å²) < 4.78 is 5.57. The summed E-state index contributed by atoms with van der Waals surface area (Å²) in [6, 6.07) is 7.44. The summed E-state index contributed by atoms with van der Waals surface area (Å²) >= 11 is 0. The molecule has 1 aromatic rings. The molecule has 2 rings (SSSR count). The quantitative estimate of drug-likeness (QED) is 0.831. The first kappa shape index (κ1) is 13.1. The minimum Gasteiger partial charge on any atom is -0.491 e. The van der Waals surface area contributed by atoms with E-state index in [0.717, 1.165) is 30.7 Å². The van der Waals surface area contributed by atoms with Crippen molar-refractivity contribution in [3.8, 4) is 5.75 Å². The monoisotopic (exact) mass is 247 g/mol. The minimum atomic E-state index is -0.388. The van der Waals surface area contributed by atoms with Crippen molar-refractivity contribution in [1.82, 2.24) is 5.32 Å². The van der Waals surface area contributed by atoms with Gasteiger partial charge in [0.2, 0.25) is 0 Å². The summed E-state index contributed by atoms with van der Waals surface area (Å²) in [4.78, 5) is 12.4. The van der Waals surface area contributed by atoms with Crippen molar-refractivity contribution in [2.45, 2.75) is 45.3 Å². The molecule has 0 bridgehead atoms. The van der Waals surface area contributed by atoms with E-state index in [1.54, 1.807) is 0 Å². The molecule has 3 heteroatoms. The molecule has 98 valence electrons. The predicted octanol–water partition coefficient (Wildman–Crippen LogP) is 2.80. The van der Waals surface area contributed by atoms with Gasteiger partial charge in [-0.25, -0.2) is 0 Å². The standard InChI is InChI=1S/C15H21NO2/c1-11(2)18-13-7-5-12(6-8-13)14(17)15(3)9-4-10-16-15/h5-8,11,16H,4,9-10H2,1-3H3. The molecule has 1 aliphatic heterocycles. The van der Waals surface area contributed by atoms with Gasteiger partial charge < -0.3 is 10.1 Å². The molecule has 0 radical (unpaired) electrons. The molecule has 1 N–H and O–H groups in total. The van der Waals surface area contributed by atoms with E-state index in [0.29, 0.717) is 0 Å².